The van der Waals surface area contributed by atoms with Crippen LogP contribution in [-0.4, -0.2) is 37.6 Å². The summed E-state index contributed by atoms with van der Waals surface area (Å²) < 4.78 is 1.19. The minimum absolute atomic E-state index is 0.220. The van der Waals surface area contributed by atoms with Gasteiger partial charge in [-0.15, -0.1) is 0 Å². The lowest BCUT2D eigenvalue weighted by Crippen LogP contribution is -2.39. The molecular formula is C23H41NO2. The maximum absolute atomic E-state index is 10.1. The number of carbonyl (C=O) groups is 1. The van der Waals surface area contributed by atoms with Crippen molar-refractivity contribution in [1.29, 1.82) is 0 Å². The fourth-order valence-electron chi connectivity index (χ4n) is 2.76. The second-order valence-corrected chi connectivity index (χ2v) is 7.81. The molecule has 150 valence electrons. The van der Waals surface area contributed by atoms with Crippen molar-refractivity contribution in [3.05, 3.63) is 35.9 Å². The summed E-state index contributed by atoms with van der Waals surface area (Å²) in [4.78, 5) is 10.1. The molecule has 3 heteroatoms. The highest BCUT2D eigenvalue weighted by molar-refractivity contribution is 5.85. The Morgan fingerprint density at radius 3 is 1.65 bits per heavy atom. The smallest absolute Gasteiger partial charge is 0.0782 e. The lowest BCUT2D eigenvalue weighted by molar-refractivity contribution is -0.888. The van der Waals surface area contributed by atoms with Gasteiger partial charge in [-0.25, -0.2) is 0 Å². The highest BCUT2D eigenvalue weighted by Gasteiger charge is 2.09. The summed E-state index contributed by atoms with van der Waals surface area (Å²) in [5.74, 6) is -1.13. The Bertz CT molecular complexity index is 443. The van der Waals surface area contributed by atoms with Crippen molar-refractivity contribution < 1.29 is 14.4 Å². The van der Waals surface area contributed by atoms with Crippen LogP contribution in [0.4, 0.5) is 0 Å². The summed E-state index contributed by atoms with van der Waals surface area (Å²) in [6.07, 6.45) is 14.4. The summed E-state index contributed by atoms with van der Waals surface area (Å²) in [7, 11) is 4.68. The number of carboxylic acids is 1. The molecule has 0 heterocycles. The van der Waals surface area contributed by atoms with Crippen molar-refractivity contribution in [2.75, 3.05) is 27.2 Å². The third-order valence-corrected chi connectivity index (χ3v) is 4.98. The van der Waals surface area contributed by atoms with Crippen LogP contribution in [0.1, 0.15) is 88.4 Å². The molecule has 0 N–H and O–H groups in total. The van der Waals surface area contributed by atoms with E-state index in [0.717, 1.165) is 0 Å². The first-order valence-electron chi connectivity index (χ1n) is 10.5. The van der Waals surface area contributed by atoms with Crippen LogP contribution in [0, 0.1) is 0 Å². The third-order valence-electron chi connectivity index (χ3n) is 4.98. The Morgan fingerprint density at radius 1 is 0.808 bits per heavy atom. The van der Waals surface area contributed by atoms with E-state index in [0.29, 0.717) is 0 Å². The van der Waals surface area contributed by atoms with Crippen LogP contribution in [0.15, 0.2) is 30.3 Å². The molecule has 0 spiro atoms. The van der Waals surface area contributed by atoms with Gasteiger partial charge in [-0.3, -0.25) is 0 Å². The number of hydrogen-bond donors (Lipinski definition) is 0. The van der Waals surface area contributed by atoms with Crippen LogP contribution < -0.4 is 5.11 Å². The molecule has 0 aromatic heterocycles. The molecule has 1 aromatic carbocycles. The van der Waals surface area contributed by atoms with E-state index in [1.54, 1.807) is 18.2 Å². The number of unbranched alkanes of at least 4 members (excludes halogenated alkanes) is 9. The number of benzene rings is 1. The Labute approximate surface area is 162 Å². The molecule has 0 unspecified atom stereocenters. The van der Waals surface area contributed by atoms with E-state index in [9.17, 15) is 9.90 Å². The quantitative estimate of drug-likeness (QED) is 0.363. The second kappa shape index (κ2) is 15.9. The van der Waals surface area contributed by atoms with E-state index in [1.807, 2.05) is 0 Å². The van der Waals surface area contributed by atoms with Crippen molar-refractivity contribution in [3.63, 3.8) is 0 Å². The average molecular weight is 364 g/mol. The molecule has 0 aliphatic heterocycles. The van der Waals surface area contributed by atoms with Gasteiger partial charge in [0.2, 0.25) is 0 Å². The fraction of sp³-hybridized carbons (Fsp3) is 0.696. The SMILES string of the molecule is CCCCCCCCCCCC[N+](C)(C)CC.O=C([O-])c1ccccc1. The monoisotopic (exact) mass is 363 g/mol. The minimum Gasteiger partial charge on any atom is -0.545 e. The number of carboxylic acid groups (broad SMARTS) is 1. The zero-order valence-electron chi connectivity index (χ0n) is 17.6. The summed E-state index contributed by atoms with van der Waals surface area (Å²) in [5.41, 5.74) is 0.220. The molecule has 0 saturated heterocycles. The van der Waals surface area contributed by atoms with Gasteiger partial charge in [-0.05, 0) is 25.3 Å². The first kappa shape index (κ1) is 24.7. The van der Waals surface area contributed by atoms with Gasteiger partial charge in [0.25, 0.3) is 0 Å². The Balaban J connectivity index is 0.000000577. The van der Waals surface area contributed by atoms with Gasteiger partial charge in [0.05, 0.1) is 33.2 Å². The second-order valence-electron chi connectivity index (χ2n) is 7.81. The molecule has 26 heavy (non-hydrogen) atoms. The van der Waals surface area contributed by atoms with Gasteiger partial charge in [-0.2, -0.15) is 0 Å². The average Bonchev–Trinajstić information content (AvgIpc) is 2.64. The Morgan fingerprint density at radius 2 is 1.27 bits per heavy atom. The minimum atomic E-state index is -1.13. The molecule has 0 fully saturated rings. The molecule has 0 aliphatic rings. The van der Waals surface area contributed by atoms with Crippen LogP contribution >= 0.6 is 0 Å². The van der Waals surface area contributed by atoms with Crippen LogP contribution in [-0.2, 0) is 0 Å². The molecule has 0 atom stereocenters. The fourth-order valence-corrected chi connectivity index (χ4v) is 2.76. The molecule has 0 radical (unpaired) electrons. The summed E-state index contributed by atoms with van der Waals surface area (Å²) >= 11 is 0. The number of aromatic carboxylic acids is 1. The van der Waals surface area contributed by atoms with Gasteiger partial charge in [0.15, 0.2) is 0 Å². The normalized spacial score (nSPS) is 10.9. The predicted octanol–water partition coefficient (Wildman–Crippen LogP) is 5.05. The Kier molecular flexibility index (Phi) is 15.0. The highest BCUT2D eigenvalue weighted by atomic mass is 16.4. The van der Waals surface area contributed by atoms with E-state index in [1.165, 1.54) is 93.9 Å². The summed E-state index contributed by atoms with van der Waals surface area (Å²) in [5, 5.41) is 10.1. The molecular weight excluding hydrogens is 322 g/mol. The first-order chi connectivity index (χ1) is 12.4. The van der Waals surface area contributed by atoms with Crippen molar-refractivity contribution in [1.82, 2.24) is 0 Å². The maximum Gasteiger partial charge on any atom is 0.0782 e. The summed E-state index contributed by atoms with van der Waals surface area (Å²) in [6, 6.07) is 8.06. The summed E-state index contributed by atoms with van der Waals surface area (Å²) in [6.45, 7) is 7.19. The molecule has 0 bridgehead atoms. The number of rotatable bonds is 13. The lowest BCUT2D eigenvalue weighted by Gasteiger charge is -2.28. The first-order valence-corrected chi connectivity index (χ1v) is 10.5. The Hall–Kier alpha value is -1.35. The maximum atomic E-state index is 10.1. The topological polar surface area (TPSA) is 40.1 Å². The molecule has 0 aliphatic carbocycles. The van der Waals surface area contributed by atoms with E-state index in [-0.39, 0.29) is 5.56 Å². The lowest BCUT2D eigenvalue weighted by atomic mass is 10.1. The molecule has 1 rings (SSSR count). The van der Waals surface area contributed by atoms with Gasteiger partial charge in [0, 0.05) is 0 Å². The standard InChI is InChI=1S/C16H36N.C7H6O2/c1-5-7-8-9-10-11-12-13-14-15-16-17(3,4)6-2;8-7(9)6-4-2-1-3-5-6/h5-16H2,1-4H3;1-5H,(H,8,9)/q+1;/p-1. The van der Waals surface area contributed by atoms with Crippen molar-refractivity contribution >= 4 is 5.97 Å². The number of carbonyl (C=O) groups excluding carboxylic acids is 1. The molecule has 0 amide bonds. The van der Waals surface area contributed by atoms with Crippen molar-refractivity contribution in [2.45, 2.75) is 78.1 Å². The number of nitrogens with zero attached hydrogens (tertiary/aromatic N) is 1. The van der Waals surface area contributed by atoms with Gasteiger partial charge >= 0.3 is 0 Å². The predicted molar refractivity (Wildman–Crippen MR) is 110 cm³/mol. The van der Waals surface area contributed by atoms with Crippen LogP contribution in [0.5, 0.6) is 0 Å². The van der Waals surface area contributed by atoms with Gasteiger partial charge < -0.3 is 14.4 Å². The van der Waals surface area contributed by atoms with Crippen molar-refractivity contribution in [3.8, 4) is 0 Å². The van der Waals surface area contributed by atoms with Crippen LogP contribution in [0.3, 0.4) is 0 Å². The van der Waals surface area contributed by atoms with Crippen LogP contribution in [0.25, 0.3) is 0 Å². The zero-order chi connectivity index (χ0) is 19.7. The van der Waals surface area contributed by atoms with Gasteiger partial charge in [-0.1, -0.05) is 88.6 Å². The number of quaternary nitrogens is 1. The van der Waals surface area contributed by atoms with Crippen LogP contribution in [0.2, 0.25) is 0 Å². The molecule has 0 saturated carbocycles. The molecule has 1 aromatic rings. The molecule has 3 nitrogen and oxygen atoms in total. The van der Waals surface area contributed by atoms with E-state index < -0.39 is 5.97 Å². The highest BCUT2D eigenvalue weighted by Crippen LogP contribution is 2.11. The number of hydrogen-bond acceptors (Lipinski definition) is 2. The van der Waals surface area contributed by atoms with E-state index in [2.05, 4.69) is 27.9 Å². The third kappa shape index (κ3) is 14.9. The van der Waals surface area contributed by atoms with E-state index >= 15 is 0 Å². The van der Waals surface area contributed by atoms with Crippen molar-refractivity contribution in [2.24, 2.45) is 0 Å². The van der Waals surface area contributed by atoms with Gasteiger partial charge in [0.1, 0.15) is 0 Å². The zero-order valence-corrected chi connectivity index (χ0v) is 17.6. The largest absolute Gasteiger partial charge is 0.545 e. The van der Waals surface area contributed by atoms with E-state index in [4.69, 9.17) is 0 Å².